The van der Waals surface area contributed by atoms with Gasteiger partial charge in [-0.2, -0.15) is 0 Å². The lowest BCUT2D eigenvalue weighted by molar-refractivity contribution is -0.124. The lowest BCUT2D eigenvalue weighted by Gasteiger charge is -2.26. The Hall–Kier alpha value is -2.44. The molecule has 136 valence electrons. The number of carbonyl (C=O) groups is 2. The van der Waals surface area contributed by atoms with E-state index >= 15 is 0 Å². The highest BCUT2D eigenvalue weighted by molar-refractivity contribution is 5.88. The predicted molar refractivity (Wildman–Crippen MR) is 95.3 cm³/mol. The zero-order valence-electron chi connectivity index (χ0n) is 14.6. The number of nitrogens with zero attached hydrogens (tertiary/aromatic N) is 1. The molecule has 1 aromatic carbocycles. The highest BCUT2D eigenvalue weighted by atomic mass is 16.5. The number of rotatable bonds is 5. The van der Waals surface area contributed by atoms with Crippen LogP contribution in [-0.2, 0) is 4.79 Å². The number of likely N-dealkylation sites (tertiary alicyclic amines) is 1. The van der Waals surface area contributed by atoms with E-state index in [-0.39, 0.29) is 18.0 Å². The summed E-state index contributed by atoms with van der Waals surface area (Å²) in [6, 6.07) is 6.98. The number of amides is 3. The molecule has 0 spiro atoms. The van der Waals surface area contributed by atoms with E-state index in [2.05, 4.69) is 16.2 Å². The number of anilines is 1. The molecular weight excluding hydrogens is 320 g/mol. The molecule has 3 N–H and O–H groups in total. The van der Waals surface area contributed by atoms with Gasteiger partial charge in [-0.15, -0.1) is 0 Å². The minimum Gasteiger partial charge on any atom is -0.497 e. The first kappa shape index (κ1) is 17.4. The van der Waals surface area contributed by atoms with E-state index < -0.39 is 6.04 Å². The van der Waals surface area contributed by atoms with Crippen molar-refractivity contribution in [2.75, 3.05) is 19.1 Å². The summed E-state index contributed by atoms with van der Waals surface area (Å²) in [6.07, 6.45) is 5.94. The van der Waals surface area contributed by atoms with Gasteiger partial charge in [0.25, 0.3) is 5.91 Å². The third-order valence-corrected chi connectivity index (χ3v) is 4.92. The molecule has 1 saturated carbocycles. The van der Waals surface area contributed by atoms with Gasteiger partial charge in [-0.25, -0.2) is 4.79 Å². The van der Waals surface area contributed by atoms with Crippen molar-refractivity contribution in [3.63, 3.8) is 0 Å². The van der Waals surface area contributed by atoms with Crippen LogP contribution >= 0.6 is 0 Å². The van der Waals surface area contributed by atoms with Crippen molar-refractivity contribution >= 4 is 17.6 Å². The molecular formula is C18H26N4O3. The standard InChI is InChI=1S/C18H26N4O3/c1-25-15-10-8-14(9-11-15)20-21-17(23)16-7-4-12-22(16)18(24)19-13-5-2-3-6-13/h8-11,13,16,20H,2-7,12H2,1H3,(H,19,24)(H,21,23). The number of benzene rings is 1. The number of methoxy groups -OCH3 is 1. The van der Waals surface area contributed by atoms with Crippen LogP contribution in [-0.4, -0.2) is 42.6 Å². The zero-order chi connectivity index (χ0) is 17.6. The van der Waals surface area contributed by atoms with Crippen molar-refractivity contribution in [2.24, 2.45) is 0 Å². The molecule has 0 radical (unpaired) electrons. The van der Waals surface area contributed by atoms with E-state index in [1.54, 1.807) is 12.0 Å². The van der Waals surface area contributed by atoms with Gasteiger partial charge in [-0.3, -0.25) is 15.6 Å². The molecule has 1 atom stereocenters. The van der Waals surface area contributed by atoms with E-state index in [1.165, 1.54) is 12.8 Å². The van der Waals surface area contributed by atoms with Crippen LogP contribution in [0.1, 0.15) is 38.5 Å². The molecule has 3 rings (SSSR count). The topological polar surface area (TPSA) is 82.7 Å². The SMILES string of the molecule is COc1ccc(NNC(=O)C2CCCN2C(=O)NC2CCCC2)cc1. The molecule has 2 fully saturated rings. The average molecular weight is 346 g/mol. The number of hydrogen-bond acceptors (Lipinski definition) is 4. The Morgan fingerprint density at radius 2 is 1.80 bits per heavy atom. The molecule has 1 unspecified atom stereocenters. The zero-order valence-corrected chi connectivity index (χ0v) is 14.6. The van der Waals surface area contributed by atoms with Gasteiger partial charge in [0.15, 0.2) is 0 Å². The number of hydrazine groups is 1. The molecule has 1 aliphatic carbocycles. The van der Waals surface area contributed by atoms with Crippen LogP contribution < -0.4 is 20.9 Å². The first-order valence-corrected chi connectivity index (χ1v) is 8.94. The van der Waals surface area contributed by atoms with Gasteiger partial charge < -0.3 is 15.0 Å². The van der Waals surface area contributed by atoms with E-state index in [0.29, 0.717) is 13.0 Å². The number of nitrogens with one attached hydrogen (secondary N) is 3. The smallest absolute Gasteiger partial charge is 0.318 e. The van der Waals surface area contributed by atoms with Crippen molar-refractivity contribution in [1.82, 2.24) is 15.6 Å². The Morgan fingerprint density at radius 1 is 1.08 bits per heavy atom. The monoisotopic (exact) mass is 346 g/mol. The maximum absolute atomic E-state index is 12.5. The number of ether oxygens (including phenoxy) is 1. The van der Waals surface area contributed by atoms with Gasteiger partial charge in [0.2, 0.25) is 0 Å². The first-order valence-electron chi connectivity index (χ1n) is 8.94. The van der Waals surface area contributed by atoms with Crippen LogP contribution in [0.15, 0.2) is 24.3 Å². The summed E-state index contributed by atoms with van der Waals surface area (Å²) in [5.41, 5.74) is 6.36. The van der Waals surface area contributed by atoms with E-state index in [4.69, 9.17) is 4.74 Å². The third-order valence-electron chi connectivity index (χ3n) is 4.92. The fourth-order valence-electron chi connectivity index (χ4n) is 3.50. The Morgan fingerprint density at radius 3 is 2.48 bits per heavy atom. The summed E-state index contributed by atoms with van der Waals surface area (Å²) >= 11 is 0. The molecule has 0 aromatic heterocycles. The second-order valence-electron chi connectivity index (χ2n) is 6.63. The molecule has 1 aromatic rings. The molecule has 0 bridgehead atoms. The van der Waals surface area contributed by atoms with E-state index in [9.17, 15) is 9.59 Å². The quantitative estimate of drug-likeness (QED) is 0.714. The van der Waals surface area contributed by atoms with Crippen LogP contribution in [0.3, 0.4) is 0 Å². The molecule has 1 aliphatic heterocycles. The van der Waals surface area contributed by atoms with Crippen molar-refractivity contribution in [3.05, 3.63) is 24.3 Å². The van der Waals surface area contributed by atoms with Crippen LogP contribution in [0.25, 0.3) is 0 Å². The van der Waals surface area contributed by atoms with Gasteiger partial charge in [0.1, 0.15) is 11.8 Å². The second-order valence-corrected chi connectivity index (χ2v) is 6.63. The lowest BCUT2D eigenvalue weighted by Crippen LogP contribution is -2.52. The first-order chi connectivity index (χ1) is 12.2. The molecule has 3 amide bonds. The van der Waals surface area contributed by atoms with Gasteiger partial charge >= 0.3 is 6.03 Å². The number of urea groups is 1. The molecule has 1 saturated heterocycles. The van der Waals surface area contributed by atoms with Crippen molar-refractivity contribution in [1.29, 1.82) is 0 Å². The summed E-state index contributed by atoms with van der Waals surface area (Å²) in [6.45, 7) is 0.624. The highest BCUT2D eigenvalue weighted by Crippen LogP contribution is 2.21. The predicted octanol–water partition coefficient (Wildman–Crippen LogP) is 2.25. The Balaban J connectivity index is 1.51. The van der Waals surface area contributed by atoms with E-state index in [0.717, 1.165) is 30.7 Å². The summed E-state index contributed by atoms with van der Waals surface area (Å²) < 4.78 is 5.10. The van der Waals surface area contributed by atoms with Crippen LogP contribution in [0, 0.1) is 0 Å². The van der Waals surface area contributed by atoms with Crippen LogP contribution in [0.4, 0.5) is 10.5 Å². The summed E-state index contributed by atoms with van der Waals surface area (Å²) in [7, 11) is 1.61. The van der Waals surface area contributed by atoms with Gasteiger partial charge in [-0.05, 0) is 49.9 Å². The third kappa shape index (κ3) is 4.35. The minimum absolute atomic E-state index is 0.117. The Labute approximate surface area is 148 Å². The van der Waals surface area contributed by atoms with Gasteiger partial charge in [-0.1, -0.05) is 12.8 Å². The fourth-order valence-corrected chi connectivity index (χ4v) is 3.50. The molecule has 7 heteroatoms. The number of hydrogen-bond donors (Lipinski definition) is 3. The lowest BCUT2D eigenvalue weighted by atomic mass is 10.2. The fraction of sp³-hybridized carbons (Fsp3) is 0.556. The summed E-state index contributed by atoms with van der Waals surface area (Å²) in [5.74, 6) is 0.567. The normalized spacial score (nSPS) is 20.4. The van der Waals surface area contributed by atoms with Crippen LogP contribution in [0.5, 0.6) is 5.75 Å². The van der Waals surface area contributed by atoms with Crippen molar-refractivity contribution in [2.45, 2.75) is 50.6 Å². The summed E-state index contributed by atoms with van der Waals surface area (Å²) in [4.78, 5) is 26.6. The highest BCUT2D eigenvalue weighted by Gasteiger charge is 2.35. The maximum atomic E-state index is 12.5. The molecule has 1 heterocycles. The second kappa shape index (κ2) is 8.09. The Bertz CT molecular complexity index is 599. The van der Waals surface area contributed by atoms with Gasteiger partial charge in [0.05, 0.1) is 12.8 Å². The van der Waals surface area contributed by atoms with E-state index in [1.807, 2.05) is 24.3 Å². The largest absolute Gasteiger partial charge is 0.497 e. The molecule has 2 aliphatic rings. The Kier molecular flexibility index (Phi) is 5.63. The maximum Gasteiger partial charge on any atom is 0.318 e. The van der Waals surface area contributed by atoms with Crippen molar-refractivity contribution < 1.29 is 14.3 Å². The molecule has 25 heavy (non-hydrogen) atoms. The number of carbonyl (C=O) groups excluding carboxylic acids is 2. The van der Waals surface area contributed by atoms with Gasteiger partial charge in [0, 0.05) is 12.6 Å². The minimum atomic E-state index is -0.424. The summed E-state index contributed by atoms with van der Waals surface area (Å²) in [5, 5.41) is 3.06. The average Bonchev–Trinajstić information content (AvgIpc) is 3.31. The van der Waals surface area contributed by atoms with Crippen LogP contribution in [0.2, 0.25) is 0 Å². The molecule has 7 nitrogen and oxygen atoms in total. The van der Waals surface area contributed by atoms with Crippen molar-refractivity contribution in [3.8, 4) is 5.75 Å².